The topological polar surface area (TPSA) is 87.8 Å². The van der Waals surface area contributed by atoms with Gasteiger partial charge in [-0.3, -0.25) is 9.59 Å². The third-order valence-corrected chi connectivity index (χ3v) is 2.18. The Hall–Kier alpha value is -2.11. The molecule has 0 aliphatic heterocycles. The molecular formula is C11H13NO5. The molecule has 92 valence electrons. The predicted molar refractivity (Wildman–Crippen MR) is 58.8 cm³/mol. The van der Waals surface area contributed by atoms with Crippen molar-refractivity contribution in [2.24, 2.45) is 0 Å². The maximum atomic E-state index is 11.7. The molecule has 0 saturated heterocycles. The SMILES string of the molecule is CN(CCCC(=O)O)C(=O)c1ccc(=O)oc1. The van der Waals surface area contributed by atoms with Crippen molar-refractivity contribution < 1.29 is 19.1 Å². The molecule has 0 spiro atoms. The van der Waals surface area contributed by atoms with E-state index in [1.54, 1.807) is 7.05 Å². The van der Waals surface area contributed by atoms with Gasteiger partial charge in [0, 0.05) is 26.1 Å². The van der Waals surface area contributed by atoms with E-state index in [-0.39, 0.29) is 17.9 Å². The first-order valence-corrected chi connectivity index (χ1v) is 5.07. The average Bonchev–Trinajstić information content (AvgIpc) is 2.28. The summed E-state index contributed by atoms with van der Waals surface area (Å²) >= 11 is 0. The first-order chi connectivity index (χ1) is 8.00. The van der Waals surface area contributed by atoms with E-state index in [4.69, 9.17) is 5.11 Å². The minimum absolute atomic E-state index is 0.0154. The van der Waals surface area contributed by atoms with E-state index in [9.17, 15) is 14.4 Å². The largest absolute Gasteiger partial charge is 0.481 e. The second-order valence-corrected chi connectivity index (χ2v) is 3.57. The molecule has 0 unspecified atom stereocenters. The highest BCUT2D eigenvalue weighted by Gasteiger charge is 2.12. The molecule has 0 fully saturated rings. The predicted octanol–water partition coefficient (Wildman–Crippen LogP) is 0.577. The van der Waals surface area contributed by atoms with Gasteiger partial charge in [0.05, 0.1) is 5.56 Å². The minimum Gasteiger partial charge on any atom is -0.481 e. The fraction of sp³-hybridized carbons (Fsp3) is 0.364. The van der Waals surface area contributed by atoms with Gasteiger partial charge in [-0.05, 0) is 12.5 Å². The highest BCUT2D eigenvalue weighted by Crippen LogP contribution is 2.02. The lowest BCUT2D eigenvalue weighted by Crippen LogP contribution is -2.28. The van der Waals surface area contributed by atoms with E-state index in [1.807, 2.05) is 0 Å². The Bertz CT molecular complexity index is 445. The highest BCUT2D eigenvalue weighted by atomic mass is 16.4. The van der Waals surface area contributed by atoms with Crippen LogP contribution in [0.1, 0.15) is 23.2 Å². The molecule has 1 rings (SSSR count). The van der Waals surface area contributed by atoms with Gasteiger partial charge >= 0.3 is 11.6 Å². The van der Waals surface area contributed by atoms with Crippen LogP contribution >= 0.6 is 0 Å². The monoisotopic (exact) mass is 239 g/mol. The standard InChI is InChI=1S/C11H13NO5/c1-12(6-2-3-9(13)14)11(16)8-4-5-10(15)17-7-8/h4-5,7H,2-3,6H2,1H3,(H,13,14). The van der Waals surface area contributed by atoms with Gasteiger partial charge in [0.25, 0.3) is 5.91 Å². The van der Waals surface area contributed by atoms with Gasteiger partial charge < -0.3 is 14.4 Å². The van der Waals surface area contributed by atoms with Crippen molar-refractivity contribution in [1.82, 2.24) is 4.90 Å². The number of aliphatic carboxylic acids is 1. The lowest BCUT2D eigenvalue weighted by Gasteiger charge is -2.15. The molecule has 1 N–H and O–H groups in total. The molecule has 0 bridgehead atoms. The van der Waals surface area contributed by atoms with E-state index >= 15 is 0 Å². The van der Waals surface area contributed by atoms with Gasteiger partial charge in [-0.1, -0.05) is 0 Å². The van der Waals surface area contributed by atoms with Crippen molar-refractivity contribution >= 4 is 11.9 Å². The Labute approximate surface area is 97.5 Å². The van der Waals surface area contributed by atoms with Crippen LogP contribution < -0.4 is 5.63 Å². The van der Waals surface area contributed by atoms with Crippen LogP contribution in [0, 0.1) is 0 Å². The van der Waals surface area contributed by atoms with E-state index in [0.29, 0.717) is 13.0 Å². The van der Waals surface area contributed by atoms with Crippen LogP contribution in [-0.4, -0.2) is 35.5 Å². The summed E-state index contributed by atoms with van der Waals surface area (Å²) in [6, 6.07) is 2.54. The zero-order chi connectivity index (χ0) is 12.8. The molecule has 0 aromatic carbocycles. The summed E-state index contributed by atoms with van der Waals surface area (Å²) in [4.78, 5) is 34.1. The number of hydrogen-bond acceptors (Lipinski definition) is 4. The Morgan fingerprint density at radius 2 is 2.12 bits per heavy atom. The molecule has 1 aromatic rings. The first kappa shape index (κ1) is 13.0. The lowest BCUT2D eigenvalue weighted by molar-refractivity contribution is -0.137. The molecule has 17 heavy (non-hydrogen) atoms. The Balaban J connectivity index is 2.54. The van der Waals surface area contributed by atoms with E-state index in [0.717, 1.165) is 6.26 Å². The summed E-state index contributed by atoms with van der Waals surface area (Å²) in [5.41, 5.74) is -0.252. The summed E-state index contributed by atoms with van der Waals surface area (Å²) in [5.74, 6) is -1.20. The number of carbonyl (C=O) groups is 2. The van der Waals surface area contributed by atoms with Gasteiger partial charge in [0.15, 0.2) is 0 Å². The maximum Gasteiger partial charge on any atom is 0.335 e. The maximum absolute atomic E-state index is 11.7. The molecular weight excluding hydrogens is 226 g/mol. The molecule has 1 aromatic heterocycles. The summed E-state index contributed by atoms with van der Waals surface area (Å²) < 4.78 is 4.58. The van der Waals surface area contributed by atoms with Gasteiger partial charge in [0.2, 0.25) is 0 Å². The second kappa shape index (κ2) is 5.83. The molecule has 1 heterocycles. The fourth-order valence-corrected chi connectivity index (χ4v) is 1.27. The molecule has 0 saturated carbocycles. The summed E-state index contributed by atoms with van der Waals surface area (Å²) in [6.07, 6.45) is 1.49. The van der Waals surface area contributed by atoms with Crippen LogP contribution in [0.4, 0.5) is 0 Å². The normalized spacial score (nSPS) is 9.94. The number of hydrogen-bond donors (Lipinski definition) is 1. The Morgan fingerprint density at radius 3 is 2.65 bits per heavy atom. The zero-order valence-electron chi connectivity index (χ0n) is 9.38. The quantitative estimate of drug-likeness (QED) is 0.811. The van der Waals surface area contributed by atoms with Gasteiger partial charge in [0.1, 0.15) is 6.26 Å². The number of carboxylic acid groups (broad SMARTS) is 1. The first-order valence-electron chi connectivity index (χ1n) is 5.07. The van der Waals surface area contributed by atoms with Crippen molar-refractivity contribution in [2.45, 2.75) is 12.8 Å². The average molecular weight is 239 g/mol. The summed E-state index contributed by atoms with van der Waals surface area (Å²) in [6.45, 7) is 0.338. The second-order valence-electron chi connectivity index (χ2n) is 3.57. The van der Waals surface area contributed by atoms with Crippen LogP contribution in [0.3, 0.4) is 0 Å². The van der Waals surface area contributed by atoms with E-state index in [1.165, 1.54) is 17.0 Å². The van der Waals surface area contributed by atoms with Crippen LogP contribution in [0.5, 0.6) is 0 Å². The number of carbonyl (C=O) groups excluding carboxylic acids is 1. The molecule has 0 aliphatic rings. The Kier molecular flexibility index (Phi) is 4.45. The lowest BCUT2D eigenvalue weighted by atomic mass is 10.2. The van der Waals surface area contributed by atoms with Crippen LogP contribution in [0.15, 0.2) is 27.6 Å². The molecule has 0 atom stereocenters. The Morgan fingerprint density at radius 1 is 1.41 bits per heavy atom. The smallest absolute Gasteiger partial charge is 0.335 e. The van der Waals surface area contributed by atoms with E-state index in [2.05, 4.69) is 4.42 Å². The van der Waals surface area contributed by atoms with Gasteiger partial charge in [-0.15, -0.1) is 0 Å². The minimum atomic E-state index is -0.892. The van der Waals surface area contributed by atoms with Gasteiger partial charge in [-0.25, -0.2) is 4.79 Å². The third-order valence-electron chi connectivity index (χ3n) is 2.18. The molecule has 1 amide bonds. The van der Waals surface area contributed by atoms with Crippen molar-refractivity contribution in [3.8, 4) is 0 Å². The number of rotatable bonds is 5. The zero-order valence-corrected chi connectivity index (χ0v) is 9.38. The third kappa shape index (κ3) is 4.10. The van der Waals surface area contributed by atoms with Crippen molar-refractivity contribution in [2.75, 3.05) is 13.6 Å². The molecule has 0 aliphatic carbocycles. The summed E-state index contributed by atoms with van der Waals surface area (Å²) in [7, 11) is 1.56. The molecule has 6 nitrogen and oxygen atoms in total. The molecule has 0 radical (unpaired) electrons. The number of amides is 1. The van der Waals surface area contributed by atoms with Crippen molar-refractivity contribution in [1.29, 1.82) is 0 Å². The summed E-state index contributed by atoms with van der Waals surface area (Å²) in [5, 5.41) is 8.46. The number of nitrogens with zero attached hydrogens (tertiary/aromatic N) is 1. The molecule has 6 heteroatoms. The van der Waals surface area contributed by atoms with Crippen LogP contribution in [0.2, 0.25) is 0 Å². The van der Waals surface area contributed by atoms with E-state index < -0.39 is 11.6 Å². The van der Waals surface area contributed by atoms with Crippen molar-refractivity contribution in [3.05, 3.63) is 34.4 Å². The fourth-order valence-electron chi connectivity index (χ4n) is 1.27. The van der Waals surface area contributed by atoms with Gasteiger partial charge in [-0.2, -0.15) is 0 Å². The van der Waals surface area contributed by atoms with Crippen LogP contribution in [0.25, 0.3) is 0 Å². The highest BCUT2D eigenvalue weighted by molar-refractivity contribution is 5.93. The van der Waals surface area contributed by atoms with Crippen LogP contribution in [-0.2, 0) is 4.79 Å². The number of carboxylic acids is 1. The van der Waals surface area contributed by atoms with Crippen molar-refractivity contribution in [3.63, 3.8) is 0 Å².